The summed E-state index contributed by atoms with van der Waals surface area (Å²) in [6.07, 6.45) is 2.77. The van der Waals surface area contributed by atoms with Crippen LogP contribution >= 0.6 is 34.5 Å². The second kappa shape index (κ2) is 7.06. The lowest BCUT2D eigenvalue weighted by atomic mass is 10.2. The highest BCUT2D eigenvalue weighted by Gasteiger charge is 2.06. The van der Waals surface area contributed by atoms with Crippen LogP contribution in [0, 0.1) is 0 Å². The van der Waals surface area contributed by atoms with Crippen molar-refractivity contribution in [2.24, 2.45) is 0 Å². The van der Waals surface area contributed by atoms with Crippen molar-refractivity contribution in [2.45, 2.75) is 6.42 Å². The lowest BCUT2D eigenvalue weighted by Gasteiger charge is -2.00. The van der Waals surface area contributed by atoms with Crippen molar-refractivity contribution < 1.29 is 0 Å². The van der Waals surface area contributed by atoms with Crippen molar-refractivity contribution in [3.8, 4) is 11.3 Å². The third-order valence-electron chi connectivity index (χ3n) is 2.57. The van der Waals surface area contributed by atoms with Gasteiger partial charge in [0.15, 0.2) is 0 Å². The van der Waals surface area contributed by atoms with E-state index in [9.17, 15) is 0 Å². The molecule has 0 radical (unpaired) electrons. The Bertz CT molecular complexity index is 566. The van der Waals surface area contributed by atoms with Gasteiger partial charge in [-0.25, -0.2) is 4.98 Å². The highest BCUT2D eigenvalue weighted by Crippen LogP contribution is 2.29. The van der Waals surface area contributed by atoms with Gasteiger partial charge in [-0.2, -0.15) is 0 Å². The van der Waals surface area contributed by atoms with E-state index in [-0.39, 0.29) is 0 Å². The molecule has 2 aromatic rings. The number of nitrogens with one attached hydrogen (secondary N) is 1. The van der Waals surface area contributed by atoms with Gasteiger partial charge in [-0.05, 0) is 12.1 Å². The van der Waals surface area contributed by atoms with Crippen molar-refractivity contribution in [2.75, 3.05) is 13.1 Å². The van der Waals surface area contributed by atoms with Crippen LogP contribution < -0.4 is 5.32 Å². The lowest BCUT2D eigenvalue weighted by Crippen LogP contribution is -2.16. The fraction of sp³-hybridized carbons (Fsp3) is 0.214. The summed E-state index contributed by atoms with van der Waals surface area (Å²) < 4.78 is 0. The standard InChI is InChI=1S/C14H14Cl2N2S/c1-2-6-17-7-5-14-18-13(9-19-14)10-3-4-11(15)12(16)8-10/h2-4,8-9,17H,1,5-7H2. The van der Waals surface area contributed by atoms with Crippen LogP contribution in [-0.2, 0) is 6.42 Å². The van der Waals surface area contributed by atoms with Gasteiger partial charge < -0.3 is 5.32 Å². The molecule has 100 valence electrons. The Balaban J connectivity index is 2.03. The molecular weight excluding hydrogens is 299 g/mol. The van der Waals surface area contributed by atoms with Crippen LogP contribution in [0.4, 0.5) is 0 Å². The average Bonchev–Trinajstić information content (AvgIpc) is 2.87. The number of hydrogen-bond acceptors (Lipinski definition) is 3. The van der Waals surface area contributed by atoms with Gasteiger partial charge in [0, 0.05) is 30.5 Å². The summed E-state index contributed by atoms with van der Waals surface area (Å²) in [6, 6.07) is 5.57. The minimum atomic E-state index is 0.557. The first-order valence-corrected chi connectivity index (χ1v) is 7.55. The van der Waals surface area contributed by atoms with Crippen molar-refractivity contribution >= 4 is 34.5 Å². The molecule has 19 heavy (non-hydrogen) atoms. The first kappa shape index (κ1) is 14.5. The quantitative estimate of drug-likeness (QED) is 0.630. The Morgan fingerprint density at radius 1 is 1.32 bits per heavy atom. The maximum absolute atomic E-state index is 6.01. The monoisotopic (exact) mass is 312 g/mol. The van der Waals surface area contributed by atoms with Crippen LogP contribution in [0.25, 0.3) is 11.3 Å². The molecule has 0 spiro atoms. The van der Waals surface area contributed by atoms with E-state index in [1.165, 1.54) is 0 Å². The van der Waals surface area contributed by atoms with Gasteiger partial charge in [0.25, 0.3) is 0 Å². The molecule has 5 heteroatoms. The molecule has 2 rings (SSSR count). The number of benzene rings is 1. The molecule has 1 aromatic carbocycles. The summed E-state index contributed by atoms with van der Waals surface area (Å²) in [7, 11) is 0. The number of thiazole rings is 1. The Morgan fingerprint density at radius 3 is 2.89 bits per heavy atom. The second-order valence-corrected chi connectivity index (χ2v) is 5.76. The molecule has 1 aromatic heterocycles. The fourth-order valence-electron chi connectivity index (χ4n) is 1.61. The highest BCUT2D eigenvalue weighted by atomic mass is 35.5. The molecule has 0 saturated heterocycles. The molecule has 0 amide bonds. The molecule has 0 saturated carbocycles. The van der Waals surface area contributed by atoms with Gasteiger partial charge in [0.1, 0.15) is 0 Å². The van der Waals surface area contributed by atoms with Crippen LogP contribution in [0.5, 0.6) is 0 Å². The minimum Gasteiger partial charge on any atom is -0.313 e. The molecule has 1 heterocycles. The van der Waals surface area contributed by atoms with Gasteiger partial charge in [-0.15, -0.1) is 17.9 Å². The van der Waals surface area contributed by atoms with E-state index in [2.05, 4.69) is 16.9 Å². The summed E-state index contributed by atoms with van der Waals surface area (Å²) in [5.74, 6) is 0. The van der Waals surface area contributed by atoms with E-state index in [4.69, 9.17) is 23.2 Å². The number of rotatable bonds is 6. The number of aromatic nitrogens is 1. The van der Waals surface area contributed by atoms with Crippen LogP contribution in [0.15, 0.2) is 36.2 Å². The first-order valence-electron chi connectivity index (χ1n) is 5.92. The van der Waals surface area contributed by atoms with E-state index in [0.29, 0.717) is 10.0 Å². The van der Waals surface area contributed by atoms with Crippen molar-refractivity contribution in [3.63, 3.8) is 0 Å². The predicted molar refractivity (Wildman–Crippen MR) is 84.3 cm³/mol. The van der Waals surface area contributed by atoms with E-state index in [1.807, 2.05) is 23.6 Å². The Hall–Kier alpha value is -0.870. The zero-order chi connectivity index (χ0) is 13.7. The zero-order valence-electron chi connectivity index (χ0n) is 10.3. The van der Waals surface area contributed by atoms with E-state index >= 15 is 0 Å². The van der Waals surface area contributed by atoms with E-state index < -0.39 is 0 Å². The molecular formula is C14H14Cl2N2S. The Labute approximate surface area is 127 Å². The topological polar surface area (TPSA) is 24.9 Å². The summed E-state index contributed by atoms with van der Waals surface area (Å²) >= 11 is 13.6. The summed E-state index contributed by atoms with van der Waals surface area (Å²) in [5, 5.41) is 7.53. The van der Waals surface area contributed by atoms with E-state index in [0.717, 1.165) is 35.8 Å². The van der Waals surface area contributed by atoms with Gasteiger partial charge in [-0.3, -0.25) is 0 Å². The summed E-state index contributed by atoms with van der Waals surface area (Å²) in [4.78, 5) is 4.60. The maximum atomic E-state index is 6.01. The van der Waals surface area contributed by atoms with Gasteiger partial charge in [-0.1, -0.05) is 35.3 Å². The number of nitrogens with zero attached hydrogens (tertiary/aromatic N) is 1. The van der Waals surface area contributed by atoms with Gasteiger partial charge in [0.05, 0.1) is 20.7 Å². The first-order chi connectivity index (χ1) is 9.20. The Kier molecular flexibility index (Phi) is 5.40. The largest absolute Gasteiger partial charge is 0.313 e. The summed E-state index contributed by atoms with van der Waals surface area (Å²) in [5.41, 5.74) is 1.94. The lowest BCUT2D eigenvalue weighted by molar-refractivity contribution is 0.742. The highest BCUT2D eigenvalue weighted by molar-refractivity contribution is 7.09. The normalized spacial score (nSPS) is 10.6. The molecule has 0 bridgehead atoms. The van der Waals surface area contributed by atoms with Crippen molar-refractivity contribution in [1.29, 1.82) is 0 Å². The average molecular weight is 313 g/mol. The van der Waals surface area contributed by atoms with Crippen LogP contribution in [0.3, 0.4) is 0 Å². The van der Waals surface area contributed by atoms with Gasteiger partial charge in [0.2, 0.25) is 0 Å². The van der Waals surface area contributed by atoms with Crippen LogP contribution in [0.2, 0.25) is 10.0 Å². The van der Waals surface area contributed by atoms with Crippen molar-refractivity contribution in [1.82, 2.24) is 10.3 Å². The fourth-order valence-corrected chi connectivity index (χ4v) is 2.72. The zero-order valence-corrected chi connectivity index (χ0v) is 12.7. The maximum Gasteiger partial charge on any atom is 0.0945 e. The third kappa shape index (κ3) is 4.05. The van der Waals surface area contributed by atoms with E-state index in [1.54, 1.807) is 17.4 Å². The second-order valence-electron chi connectivity index (χ2n) is 4.00. The molecule has 1 N–H and O–H groups in total. The predicted octanol–water partition coefficient (Wildman–Crippen LogP) is 4.44. The Morgan fingerprint density at radius 2 is 2.16 bits per heavy atom. The molecule has 0 aliphatic rings. The molecule has 0 aliphatic heterocycles. The summed E-state index contributed by atoms with van der Waals surface area (Å²) in [6.45, 7) is 5.39. The molecule has 0 unspecified atom stereocenters. The minimum absolute atomic E-state index is 0.557. The van der Waals surface area contributed by atoms with Crippen LogP contribution in [-0.4, -0.2) is 18.1 Å². The van der Waals surface area contributed by atoms with Crippen molar-refractivity contribution in [3.05, 3.63) is 51.3 Å². The smallest absolute Gasteiger partial charge is 0.0945 e. The molecule has 0 atom stereocenters. The number of halogens is 2. The van der Waals surface area contributed by atoms with Gasteiger partial charge >= 0.3 is 0 Å². The van der Waals surface area contributed by atoms with Crippen LogP contribution in [0.1, 0.15) is 5.01 Å². The number of hydrogen-bond donors (Lipinski definition) is 1. The SMILES string of the molecule is C=CCNCCc1nc(-c2ccc(Cl)c(Cl)c2)cs1. The molecule has 0 aliphatic carbocycles. The third-order valence-corrected chi connectivity index (χ3v) is 4.22. The molecule has 2 nitrogen and oxygen atoms in total. The molecule has 0 fully saturated rings.